The zero-order valence-corrected chi connectivity index (χ0v) is 14.2. The fourth-order valence-electron chi connectivity index (χ4n) is 2.77. The number of benzene rings is 1. The average Bonchev–Trinajstić information content (AvgIpc) is 2.97. The molecule has 4 N–H and O–H groups in total. The van der Waals surface area contributed by atoms with Gasteiger partial charge in [0.1, 0.15) is 0 Å². The zero-order valence-electron chi connectivity index (χ0n) is 12.1. The molecule has 114 valence electrons. The molecule has 0 saturated heterocycles. The summed E-state index contributed by atoms with van der Waals surface area (Å²) in [6.07, 6.45) is 0. The number of aromatic nitrogens is 4. The summed E-state index contributed by atoms with van der Waals surface area (Å²) in [6.45, 7) is 3.65. The van der Waals surface area contributed by atoms with E-state index in [4.69, 9.17) is 0 Å². The Kier molecular flexibility index (Phi) is 3.81. The lowest BCUT2D eigenvalue weighted by atomic mass is 9.85. The minimum Gasteiger partial charge on any atom is -0.302 e. The third-order valence-electron chi connectivity index (χ3n) is 3.78. The molecule has 2 aromatic heterocycles. The molecule has 0 aliphatic heterocycles. The largest absolute Gasteiger partial charge is 0.302 e. The number of H-pyrrole nitrogens is 4. The standard InChI is InChI=1S/C15H15IN4O2/c1-7-11(14(21)19-17-7)13(9-4-3-5-10(16)6-9)12-8(2)18-20-15(12)22/h3-6,13H,1-2H3,(H2,17,19,21)(H2,18,20,22). The highest BCUT2D eigenvalue weighted by Crippen LogP contribution is 2.31. The first-order chi connectivity index (χ1) is 10.5. The van der Waals surface area contributed by atoms with Gasteiger partial charge in [-0.15, -0.1) is 0 Å². The van der Waals surface area contributed by atoms with E-state index in [-0.39, 0.29) is 11.1 Å². The van der Waals surface area contributed by atoms with Crippen molar-refractivity contribution >= 4 is 22.6 Å². The molecule has 6 nitrogen and oxygen atoms in total. The van der Waals surface area contributed by atoms with Crippen LogP contribution in [0.1, 0.15) is 34.0 Å². The fourth-order valence-corrected chi connectivity index (χ4v) is 3.34. The van der Waals surface area contributed by atoms with Gasteiger partial charge < -0.3 is 10.2 Å². The molecule has 1 aromatic carbocycles. The summed E-state index contributed by atoms with van der Waals surface area (Å²) in [7, 11) is 0. The van der Waals surface area contributed by atoms with E-state index in [0.717, 1.165) is 20.5 Å². The van der Waals surface area contributed by atoms with Crippen molar-refractivity contribution < 1.29 is 0 Å². The van der Waals surface area contributed by atoms with Crippen LogP contribution < -0.4 is 11.1 Å². The molecule has 0 aliphatic carbocycles. The maximum absolute atomic E-state index is 12.2. The van der Waals surface area contributed by atoms with Crippen molar-refractivity contribution in [1.82, 2.24) is 20.4 Å². The first kappa shape index (κ1) is 14.9. The molecule has 22 heavy (non-hydrogen) atoms. The second-order valence-electron chi connectivity index (χ2n) is 5.22. The number of hydrogen-bond donors (Lipinski definition) is 4. The lowest BCUT2D eigenvalue weighted by Crippen LogP contribution is -2.20. The lowest BCUT2D eigenvalue weighted by Gasteiger charge is -2.16. The number of halogens is 1. The van der Waals surface area contributed by atoms with Gasteiger partial charge >= 0.3 is 0 Å². The van der Waals surface area contributed by atoms with Crippen molar-refractivity contribution in [2.75, 3.05) is 0 Å². The number of nitrogens with one attached hydrogen (secondary N) is 4. The van der Waals surface area contributed by atoms with Crippen LogP contribution in [-0.2, 0) is 0 Å². The summed E-state index contributed by atoms with van der Waals surface area (Å²) in [4.78, 5) is 24.5. The Balaban J connectivity index is 2.33. The highest BCUT2D eigenvalue weighted by molar-refractivity contribution is 14.1. The predicted molar refractivity (Wildman–Crippen MR) is 92.4 cm³/mol. The monoisotopic (exact) mass is 410 g/mol. The molecule has 0 unspecified atom stereocenters. The Hall–Kier alpha value is -2.03. The normalized spacial score (nSPS) is 11.3. The summed E-state index contributed by atoms with van der Waals surface area (Å²) in [5, 5.41) is 10.9. The predicted octanol–water partition coefficient (Wildman–Crippen LogP) is 2.12. The van der Waals surface area contributed by atoms with Crippen LogP contribution in [0.3, 0.4) is 0 Å². The number of rotatable bonds is 3. The molecule has 7 heteroatoms. The van der Waals surface area contributed by atoms with Crippen molar-refractivity contribution in [2.45, 2.75) is 19.8 Å². The van der Waals surface area contributed by atoms with Crippen LogP contribution >= 0.6 is 22.6 Å². The van der Waals surface area contributed by atoms with Crippen LogP contribution in [0, 0.1) is 17.4 Å². The van der Waals surface area contributed by atoms with E-state index in [1.807, 2.05) is 38.1 Å². The van der Waals surface area contributed by atoms with Gasteiger partial charge in [0.05, 0.1) is 11.1 Å². The van der Waals surface area contributed by atoms with Crippen LogP contribution in [0.25, 0.3) is 0 Å². The molecule has 0 atom stereocenters. The Morgan fingerprint density at radius 1 is 0.909 bits per heavy atom. The van der Waals surface area contributed by atoms with Gasteiger partial charge in [-0.3, -0.25) is 19.8 Å². The Morgan fingerprint density at radius 2 is 1.45 bits per heavy atom. The van der Waals surface area contributed by atoms with E-state index in [1.165, 1.54) is 0 Å². The van der Waals surface area contributed by atoms with E-state index in [1.54, 1.807) is 0 Å². The molecule has 0 spiro atoms. The first-order valence-corrected chi connectivity index (χ1v) is 7.86. The van der Waals surface area contributed by atoms with Crippen molar-refractivity contribution in [1.29, 1.82) is 0 Å². The molecule has 3 aromatic rings. The van der Waals surface area contributed by atoms with Gasteiger partial charge in [-0.05, 0) is 54.1 Å². The smallest absolute Gasteiger partial charge is 0.268 e. The summed E-state index contributed by atoms with van der Waals surface area (Å²) < 4.78 is 1.05. The van der Waals surface area contributed by atoms with E-state index < -0.39 is 5.92 Å². The lowest BCUT2D eigenvalue weighted by molar-refractivity contribution is 0.930. The van der Waals surface area contributed by atoms with Crippen LogP contribution in [-0.4, -0.2) is 20.4 Å². The second-order valence-corrected chi connectivity index (χ2v) is 6.47. The topological polar surface area (TPSA) is 97.3 Å². The van der Waals surface area contributed by atoms with E-state index >= 15 is 0 Å². The molecular weight excluding hydrogens is 395 g/mol. The summed E-state index contributed by atoms with van der Waals surface area (Å²) in [6, 6.07) is 7.83. The molecule has 0 aliphatic rings. The first-order valence-electron chi connectivity index (χ1n) is 6.78. The minimum absolute atomic E-state index is 0.207. The maximum atomic E-state index is 12.2. The van der Waals surface area contributed by atoms with Gasteiger partial charge in [-0.25, -0.2) is 0 Å². The van der Waals surface area contributed by atoms with Crippen molar-refractivity contribution in [2.24, 2.45) is 0 Å². The Labute approximate surface area is 139 Å². The molecule has 0 saturated carbocycles. The summed E-state index contributed by atoms with van der Waals surface area (Å²) in [5.41, 5.74) is 3.09. The number of hydrogen-bond acceptors (Lipinski definition) is 2. The van der Waals surface area contributed by atoms with Crippen LogP contribution in [0.5, 0.6) is 0 Å². The summed E-state index contributed by atoms with van der Waals surface area (Å²) in [5.74, 6) is -0.417. The van der Waals surface area contributed by atoms with Gasteiger partial charge in [0.15, 0.2) is 0 Å². The second kappa shape index (κ2) is 5.64. The van der Waals surface area contributed by atoms with Gasteiger partial charge in [0.2, 0.25) is 0 Å². The van der Waals surface area contributed by atoms with E-state index in [9.17, 15) is 9.59 Å². The van der Waals surface area contributed by atoms with Crippen LogP contribution in [0.15, 0.2) is 33.9 Å². The van der Waals surface area contributed by atoms with Crippen LogP contribution in [0.2, 0.25) is 0 Å². The van der Waals surface area contributed by atoms with Gasteiger partial charge in [0, 0.05) is 20.9 Å². The van der Waals surface area contributed by atoms with Crippen LogP contribution in [0.4, 0.5) is 0 Å². The SMILES string of the molecule is Cc1[nH][nH]c(=O)c1C(c1cccc(I)c1)c1c(C)[nH][nH]c1=O. The molecule has 0 amide bonds. The molecule has 0 bridgehead atoms. The Morgan fingerprint density at radius 3 is 1.86 bits per heavy atom. The number of aryl methyl sites for hydroxylation is 2. The van der Waals surface area contributed by atoms with Crippen molar-refractivity contribution in [3.05, 3.63) is 76.6 Å². The average molecular weight is 410 g/mol. The van der Waals surface area contributed by atoms with Gasteiger partial charge in [-0.2, -0.15) is 0 Å². The highest BCUT2D eigenvalue weighted by Gasteiger charge is 2.27. The third-order valence-corrected chi connectivity index (χ3v) is 4.45. The molecule has 3 rings (SSSR count). The molecule has 2 heterocycles. The van der Waals surface area contributed by atoms with E-state index in [0.29, 0.717) is 11.1 Å². The quantitative estimate of drug-likeness (QED) is 0.498. The Bertz CT molecular complexity index is 877. The summed E-state index contributed by atoms with van der Waals surface area (Å²) >= 11 is 2.22. The number of aromatic amines is 4. The fraction of sp³-hybridized carbons (Fsp3) is 0.200. The minimum atomic E-state index is -0.417. The van der Waals surface area contributed by atoms with Gasteiger partial charge in [-0.1, -0.05) is 12.1 Å². The van der Waals surface area contributed by atoms with Crippen molar-refractivity contribution in [3.8, 4) is 0 Å². The molecule has 0 fully saturated rings. The highest BCUT2D eigenvalue weighted by atomic mass is 127. The van der Waals surface area contributed by atoms with E-state index in [2.05, 4.69) is 43.0 Å². The third kappa shape index (κ3) is 2.45. The maximum Gasteiger partial charge on any atom is 0.268 e. The van der Waals surface area contributed by atoms with Gasteiger partial charge in [0.25, 0.3) is 11.1 Å². The van der Waals surface area contributed by atoms with Crippen molar-refractivity contribution in [3.63, 3.8) is 0 Å². The molecular formula is C15H15IN4O2. The molecule has 0 radical (unpaired) electrons. The zero-order chi connectivity index (χ0) is 15.9.